The van der Waals surface area contributed by atoms with E-state index >= 15 is 0 Å². The van der Waals surface area contributed by atoms with Crippen molar-refractivity contribution in [3.8, 4) is 0 Å². The average molecular weight is 230 g/mol. The molecule has 0 aliphatic carbocycles. The minimum atomic E-state index is -4.55. The SMILES string of the molecule is NC(=O)c1nc2c(C(F)(F)F)cccc2o1. The number of alkyl halides is 3. The molecule has 0 aliphatic rings. The van der Waals surface area contributed by atoms with E-state index in [9.17, 15) is 18.0 Å². The van der Waals surface area contributed by atoms with Crippen LogP contribution in [0.15, 0.2) is 22.6 Å². The number of oxazole rings is 1. The number of amides is 1. The second kappa shape index (κ2) is 3.22. The molecule has 84 valence electrons. The zero-order valence-corrected chi connectivity index (χ0v) is 7.71. The van der Waals surface area contributed by atoms with Gasteiger partial charge >= 0.3 is 12.1 Å². The zero-order valence-electron chi connectivity index (χ0n) is 7.71. The highest BCUT2D eigenvalue weighted by Gasteiger charge is 2.34. The van der Waals surface area contributed by atoms with Gasteiger partial charge in [-0.15, -0.1) is 0 Å². The van der Waals surface area contributed by atoms with Gasteiger partial charge < -0.3 is 10.2 Å². The molecule has 0 fully saturated rings. The monoisotopic (exact) mass is 230 g/mol. The van der Waals surface area contributed by atoms with Crippen LogP contribution in [-0.4, -0.2) is 10.9 Å². The molecule has 1 heterocycles. The van der Waals surface area contributed by atoms with Crippen molar-refractivity contribution in [1.82, 2.24) is 4.98 Å². The summed E-state index contributed by atoms with van der Waals surface area (Å²) in [6, 6.07) is 3.31. The molecule has 2 aromatic rings. The fourth-order valence-electron chi connectivity index (χ4n) is 1.28. The van der Waals surface area contributed by atoms with Crippen LogP contribution < -0.4 is 5.73 Å². The van der Waals surface area contributed by atoms with Crippen molar-refractivity contribution < 1.29 is 22.4 Å². The van der Waals surface area contributed by atoms with Crippen LogP contribution in [0.4, 0.5) is 13.2 Å². The Morgan fingerprint density at radius 1 is 1.38 bits per heavy atom. The van der Waals surface area contributed by atoms with Crippen LogP contribution in [0.3, 0.4) is 0 Å². The van der Waals surface area contributed by atoms with Gasteiger partial charge in [-0.2, -0.15) is 13.2 Å². The largest absolute Gasteiger partial charge is 0.432 e. The van der Waals surface area contributed by atoms with Gasteiger partial charge in [-0.05, 0) is 12.1 Å². The molecule has 0 radical (unpaired) electrons. The van der Waals surface area contributed by atoms with E-state index in [-0.39, 0.29) is 5.58 Å². The molecular weight excluding hydrogens is 225 g/mol. The Labute approximate surface area is 86.9 Å². The number of para-hydroxylation sites is 1. The van der Waals surface area contributed by atoms with Gasteiger partial charge in [-0.1, -0.05) is 6.07 Å². The Kier molecular flexibility index (Phi) is 2.11. The molecule has 1 aromatic carbocycles. The van der Waals surface area contributed by atoms with Gasteiger partial charge in [0.15, 0.2) is 5.58 Å². The van der Waals surface area contributed by atoms with Crippen LogP contribution in [0.5, 0.6) is 0 Å². The van der Waals surface area contributed by atoms with E-state index in [0.717, 1.165) is 6.07 Å². The van der Waals surface area contributed by atoms with E-state index in [1.165, 1.54) is 12.1 Å². The van der Waals surface area contributed by atoms with Crippen molar-refractivity contribution in [2.75, 3.05) is 0 Å². The van der Waals surface area contributed by atoms with Gasteiger partial charge in [-0.3, -0.25) is 4.79 Å². The number of nitrogens with zero attached hydrogens (tertiary/aromatic N) is 1. The third-order valence-corrected chi connectivity index (χ3v) is 1.94. The van der Waals surface area contributed by atoms with Gasteiger partial charge in [0.25, 0.3) is 5.89 Å². The Bertz CT molecular complexity index is 559. The second-order valence-electron chi connectivity index (χ2n) is 3.03. The van der Waals surface area contributed by atoms with Crippen LogP contribution in [-0.2, 0) is 6.18 Å². The van der Waals surface area contributed by atoms with Crippen molar-refractivity contribution in [3.05, 3.63) is 29.7 Å². The number of carbonyl (C=O) groups is 1. The summed E-state index contributed by atoms with van der Waals surface area (Å²) in [5.41, 5.74) is 3.37. The molecule has 7 heteroatoms. The van der Waals surface area contributed by atoms with E-state index in [1.54, 1.807) is 0 Å². The zero-order chi connectivity index (χ0) is 11.9. The number of halogens is 3. The molecule has 0 bridgehead atoms. The van der Waals surface area contributed by atoms with Crippen molar-refractivity contribution in [2.24, 2.45) is 5.73 Å². The van der Waals surface area contributed by atoms with Gasteiger partial charge in [0.1, 0.15) is 5.52 Å². The molecule has 0 saturated heterocycles. The fourth-order valence-corrected chi connectivity index (χ4v) is 1.28. The van der Waals surface area contributed by atoms with E-state index in [4.69, 9.17) is 10.2 Å². The Morgan fingerprint density at radius 3 is 2.62 bits per heavy atom. The number of fused-ring (bicyclic) bond motifs is 1. The number of hydrogen-bond donors (Lipinski definition) is 1. The third-order valence-electron chi connectivity index (χ3n) is 1.94. The molecule has 2 N–H and O–H groups in total. The quantitative estimate of drug-likeness (QED) is 0.813. The van der Waals surface area contributed by atoms with Crippen LogP contribution in [0.25, 0.3) is 11.1 Å². The van der Waals surface area contributed by atoms with Gasteiger partial charge in [0.2, 0.25) is 0 Å². The predicted octanol–water partition coefficient (Wildman–Crippen LogP) is 1.95. The molecular formula is C9H5F3N2O2. The van der Waals surface area contributed by atoms with Crippen molar-refractivity contribution in [2.45, 2.75) is 6.18 Å². The maximum Gasteiger partial charge on any atom is 0.418 e. The second-order valence-corrected chi connectivity index (χ2v) is 3.03. The van der Waals surface area contributed by atoms with Crippen LogP contribution in [0, 0.1) is 0 Å². The Hall–Kier alpha value is -2.05. The van der Waals surface area contributed by atoms with Crippen molar-refractivity contribution in [1.29, 1.82) is 0 Å². The van der Waals surface area contributed by atoms with E-state index in [0.29, 0.717) is 0 Å². The summed E-state index contributed by atoms with van der Waals surface area (Å²) >= 11 is 0. The van der Waals surface area contributed by atoms with Crippen molar-refractivity contribution >= 4 is 17.0 Å². The molecule has 16 heavy (non-hydrogen) atoms. The van der Waals surface area contributed by atoms with E-state index < -0.39 is 29.1 Å². The van der Waals surface area contributed by atoms with E-state index in [2.05, 4.69) is 4.98 Å². The van der Waals surface area contributed by atoms with Crippen LogP contribution >= 0.6 is 0 Å². The lowest BCUT2D eigenvalue weighted by atomic mass is 10.2. The van der Waals surface area contributed by atoms with Gasteiger partial charge in [-0.25, -0.2) is 4.98 Å². The summed E-state index contributed by atoms with van der Waals surface area (Å²) in [6.45, 7) is 0. The van der Waals surface area contributed by atoms with Gasteiger partial charge in [0, 0.05) is 0 Å². The summed E-state index contributed by atoms with van der Waals surface area (Å²) in [7, 11) is 0. The maximum absolute atomic E-state index is 12.5. The molecule has 0 aliphatic heterocycles. The molecule has 1 amide bonds. The first-order valence-corrected chi connectivity index (χ1v) is 4.16. The number of benzene rings is 1. The smallest absolute Gasteiger partial charge is 0.418 e. The number of rotatable bonds is 1. The van der Waals surface area contributed by atoms with Crippen LogP contribution in [0.2, 0.25) is 0 Å². The van der Waals surface area contributed by atoms with Gasteiger partial charge in [0.05, 0.1) is 5.56 Å². The minimum absolute atomic E-state index is 0.122. The average Bonchev–Trinajstić information content (AvgIpc) is 2.58. The van der Waals surface area contributed by atoms with E-state index in [1.807, 2.05) is 0 Å². The number of carbonyl (C=O) groups excluding carboxylic acids is 1. The number of aromatic nitrogens is 1. The summed E-state index contributed by atoms with van der Waals surface area (Å²) in [5.74, 6) is -1.55. The Morgan fingerprint density at radius 2 is 2.06 bits per heavy atom. The minimum Gasteiger partial charge on any atom is -0.432 e. The highest BCUT2D eigenvalue weighted by atomic mass is 19.4. The first kappa shape index (κ1) is 10.5. The van der Waals surface area contributed by atoms with Crippen molar-refractivity contribution in [3.63, 3.8) is 0 Å². The molecule has 0 saturated carbocycles. The topological polar surface area (TPSA) is 69.1 Å². The molecule has 0 spiro atoms. The molecule has 2 rings (SSSR count). The fraction of sp³-hybridized carbons (Fsp3) is 0.111. The first-order chi connectivity index (χ1) is 7.39. The maximum atomic E-state index is 12.5. The highest BCUT2D eigenvalue weighted by molar-refractivity contribution is 5.91. The standard InChI is InChI=1S/C9H5F3N2O2/c10-9(11,12)4-2-1-3-5-6(4)14-8(16-5)7(13)15/h1-3H,(H2,13,15). The Balaban J connectivity index is 2.73. The molecule has 1 aromatic heterocycles. The summed E-state index contributed by atoms with van der Waals surface area (Å²) in [5, 5.41) is 0. The number of primary amides is 1. The normalized spacial score (nSPS) is 11.9. The lowest BCUT2D eigenvalue weighted by Gasteiger charge is -2.05. The lowest BCUT2D eigenvalue weighted by Crippen LogP contribution is -2.11. The summed E-state index contributed by atoms with van der Waals surface area (Å²) in [4.78, 5) is 14.1. The third kappa shape index (κ3) is 1.60. The number of nitrogens with two attached hydrogens (primary N) is 1. The predicted molar refractivity (Wildman–Crippen MR) is 47.5 cm³/mol. The first-order valence-electron chi connectivity index (χ1n) is 4.16. The lowest BCUT2D eigenvalue weighted by molar-refractivity contribution is -0.136. The molecule has 4 nitrogen and oxygen atoms in total. The molecule has 0 unspecified atom stereocenters. The summed E-state index contributed by atoms with van der Waals surface area (Å²) in [6.07, 6.45) is -4.55. The highest BCUT2D eigenvalue weighted by Crippen LogP contribution is 2.34. The summed E-state index contributed by atoms with van der Waals surface area (Å²) < 4.78 is 42.4. The van der Waals surface area contributed by atoms with Crippen LogP contribution in [0.1, 0.15) is 16.2 Å². The molecule has 0 atom stereocenters. The number of hydrogen-bond acceptors (Lipinski definition) is 3.